The van der Waals surface area contributed by atoms with E-state index in [1.165, 1.54) is 0 Å². The molecule has 1 aromatic rings. The molecule has 1 aliphatic heterocycles. The predicted molar refractivity (Wildman–Crippen MR) is 85.3 cm³/mol. The summed E-state index contributed by atoms with van der Waals surface area (Å²) in [4.78, 5) is 36.1. The first-order chi connectivity index (χ1) is 10.8. The second-order valence-electron chi connectivity index (χ2n) is 4.95. The van der Waals surface area contributed by atoms with Crippen LogP contribution in [0.4, 0.5) is 0 Å². The number of benzene rings is 1. The highest BCUT2D eigenvalue weighted by atomic mass is 35.5. The molecule has 0 fully saturated rings. The van der Waals surface area contributed by atoms with E-state index < -0.39 is 17.8 Å². The lowest BCUT2D eigenvalue weighted by Gasteiger charge is -2.13. The monoisotopic (exact) mass is 396 g/mol. The molecule has 124 valence electrons. The molecule has 2 rings (SSSR count). The Labute approximate surface area is 152 Å². The van der Waals surface area contributed by atoms with Crippen molar-refractivity contribution in [2.24, 2.45) is 0 Å². The molecule has 0 atom stereocenters. The van der Waals surface area contributed by atoms with Gasteiger partial charge < -0.3 is 9.90 Å². The number of halogens is 4. The van der Waals surface area contributed by atoms with Crippen molar-refractivity contribution >= 4 is 64.2 Å². The third kappa shape index (κ3) is 3.43. The van der Waals surface area contributed by atoms with Gasteiger partial charge in [0, 0.05) is 12.5 Å². The number of carboxylic acid groups (broad SMARTS) is 1. The van der Waals surface area contributed by atoms with Gasteiger partial charge in [-0.25, -0.2) is 0 Å². The molecule has 1 aliphatic rings. The number of unbranched alkanes of at least 4 members (excludes halogenated alkanes) is 2. The summed E-state index contributed by atoms with van der Waals surface area (Å²) in [5.74, 6) is -2.31. The molecule has 0 saturated heterocycles. The van der Waals surface area contributed by atoms with Crippen LogP contribution in [0, 0.1) is 0 Å². The summed E-state index contributed by atoms with van der Waals surface area (Å²) in [5.41, 5.74) is -0.100. The molecule has 0 spiro atoms. The number of imide groups is 1. The molecule has 0 saturated carbocycles. The average molecular weight is 398 g/mol. The molecule has 1 heterocycles. The zero-order chi connectivity index (χ0) is 17.3. The van der Waals surface area contributed by atoms with Gasteiger partial charge in [-0.2, -0.15) is 0 Å². The number of rotatable bonds is 6. The molecule has 5 nitrogen and oxygen atoms in total. The number of hydrogen-bond donors (Lipinski definition) is 0. The van der Waals surface area contributed by atoms with Gasteiger partial charge in [0.15, 0.2) is 0 Å². The van der Waals surface area contributed by atoms with Crippen molar-refractivity contribution in [2.45, 2.75) is 25.7 Å². The van der Waals surface area contributed by atoms with Gasteiger partial charge in [-0.1, -0.05) is 52.8 Å². The number of aliphatic carboxylic acids is 1. The molecule has 1 aromatic carbocycles. The molecule has 2 amide bonds. The molecule has 0 radical (unpaired) electrons. The van der Waals surface area contributed by atoms with Crippen LogP contribution in [-0.2, 0) is 4.79 Å². The molecule has 23 heavy (non-hydrogen) atoms. The first-order valence-electron chi connectivity index (χ1n) is 6.69. The minimum atomic E-state index is -1.13. The number of amides is 2. The minimum absolute atomic E-state index is 0.0502. The van der Waals surface area contributed by atoms with E-state index in [1.807, 2.05) is 0 Å². The van der Waals surface area contributed by atoms with Crippen molar-refractivity contribution in [2.75, 3.05) is 6.54 Å². The van der Waals surface area contributed by atoms with E-state index in [1.54, 1.807) is 0 Å². The van der Waals surface area contributed by atoms with Gasteiger partial charge in [-0.3, -0.25) is 14.5 Å². The first-order valence-corrected chi connectivity index (χ1v) is 8.20. The Hall–Kier alpha value is -1.01. The third-order valence-electron chi connectivity index (χ3n) is 3.45. The number of fused-ring (bicyclic) bond motifs is 1. The Kier molecular flexibility index (Phi) is 5.79. The van der Waals surface area contributed by atoms with Crippen molar-refractivity contribution in [1.29, 1.82) is 0 Å². The van der Waals surface area contributed by atoms with E-state index in [-0.39, 0.29) is 44.2 Å². The fraction of sp³-hybridized carbons (Fsp3) is 0.357. The van der Waals surface area contributed by atoms with E-state index in [0.29, 0.717) is 19.3 Å². The summed E-state index contributed by atoms with van der Waals surface area (Å²) in [6, 6.07) is 0. The zero-order valence-corrected chi connectivity index (χ0v) is 14.7. The Balaban J connectivity index is 2.17. The molecule has 0 bridgehead atoms. The molecule has 9 heteroatoms. The average Bonchev–Trinajstić information content (AvgIpc) is 2.74. The van der Waals surface area contributed by atoms with Crippen molar-refractivity contribution in [3.8, 4) is 0 Å². The molecule has 0 unspecified atom stereocenters. The fourth-order valence-electron chi connectivity index (χ4n) is 2.31. The lowest BCUT2D eigenvalue weighted by atomic mass is 10.1. The predicted octanol–water partition coefficient (Wildman–Crippen LogP) is 3.21. The lowest BCUT2D eigenvalue weighted by molar-refractivity contribution is -0.305. The summed E-state index contributed by atoms with van der Waals surface area (Å²) in [6.45, 7) is 0.126. The SMILES string of the molecule is O=C([O-])CCCCCN1C(=O)c2c(Cl)c(Cl)c(Cl)c(Cl)c2C1=O. The summed E-state index contributed by atoms with van der Waals surface area (Å²) >= 11 is 23.8. The smallest absolute Gasteiger partial charge is 0.263 e. The number of carbonyl (C=O) groups excluding carboxylic acids is 3. The van der Waals surface area contributed by atoms with E-state index in [0.717, 1.165) is 4.90 Å². The van der Waals surface area contributed by atoms with Crippen LogP contribution in [0.5, 0.6) is 0 Å². The van der Waals surface area contributed by atoms with Gasteiger partial charge >= 0.3 is 0 Å². The highest BCUT2D eigenvalue weighted by Gasteiger charge is 2.41. The van der Waals surface area contributed by atoms with Crippen LogP contribution in [0.2, 0.25) is 20.1 Å². The number of hydrogen-bond acceptors (Lipinski definition) is 4. The lowest BCUT2D eigenvalue weighted by Crippen LogP contribution is -2.30. The van der Waals surface area contributed by atoms with Crippen LogP contribution in [0.25, 0.3) is 0 Å². The van der Waals surface area contributed by atoms with E-state index in [4.69, 9.17) is 46.4 Å². The Bertz CT molecular complexity index is 658. The summed E-state index contributed by atoms with van der Waals surface area (Å²) in [7, 11) is 0. The normalized spacial score (nSPS) is 13.7. The van der Waals surface area contributed by atoms with Gasteiger partial charge in [0.05, 0.1) is 31.2 Å². The first kappa shape index (κ1) is 18.3. The highest BCUT2D eigenvalue weighted by molar-refractivity contribution is 6.55. The van der Waals surface area contributed by atoms with Gasteiger partial charge in [0.1, 0.15) is 0 Å². The number of nitrogens with zero attached hydrogens (tertiary/aromatic N) is 1. The fourth-order valence-corrected chi connectivity index (χ4v) is 3.33. The largest absolute Gasteiger partial charge is 0.550 e. The maximum Gasteiger partial charge on any atom is 0.263 e. The molecular formula is C14H10Cl4NO4-. The maximum atomic E-state index is 12.4. The second-order valence-corrected chi connectivity index (χ2v) is 6.46. The standard InChI is InChI=1S/C14H11Cl4NO4/c15-9-7-8(10(16)12(18)11(9)17)14(23)19(13(7)22)5-3-1-2-4-6(20)21/h1-5H2,(H,20,21)/p-1. The topological polar surface area (TPSA) is 77.5 Å². The molecular weight excluding hydrogens is 388 g/mol. The summed E-state index contributed by atoms with van der Waals surface area (Å²) in [5, 5.41) is 9.97. The van der Waals surface area contributed by atoms with Crippen LogP contribution < -0.4 is 5.11 Å². The molecule has 0 aromatic heterocycles. The van der Waals surface area contributed by atoms with E-state index >= 15 is 0 Å². The van der Waals surface area contributed by atoms with Crippen LogP contribution >= 0.6 is 46.4 Å². The van der Waals surface area contributed by atoms with Crippen LogP contribution in [0.15, 0.2) is 0 Å². The van der Waals surface area contributed by atoms with Gasteiger partial charge in [0.25, 0.3) is 11.8 Å². The number of carboxylic acids is 1. The maximum absolute atomic E-state index is 12.4. The van der Waals surface area contributed by atoms with Crippen molar-refractivity contribution in [3.63, 3.8) is 0 Å². The van der Waals surface area contributed by atoms with Crippen molar-refractivity contribution in [1.82, 2.24) is 4.90 Å². The van der Waals surface area contributed by atoms with Crippen LogP contribution in [-0.4, -0.2) is 29.2 Å². The van der Waals surface area contributed by atoms with E-state index in [2.05, 4.69) is 0 Å². The number of carbonyl (C=O) groups is 3. The Morgan fingerprint density at radius 3 is 1.74 bits per heavy atom. The zero-order valence-electron chi connectivity index (χ0n) is 11.6. The summed E-state index contributed by atoms with van der Waals surface area (Å²) < 4.78 is 0. The van der Waals surface area contributed by atoms with Gasteiger partial charge in [-0.15, -0.1) is 0 Å². The molecule has 0 aliphatic carbocycles. The molecule has 0 N–H and O–H groups in total. The van der Waals surface area contributed by atoms with E-state index in [9.17, 15) is 19.5 Å². The van der Waals surface area contributed by atoms with Gasteiger partial charge in [0.2, 0.25) is 0 Å². The quantitative estimate of drug-likeness (QED) is 0.319. The van der Waals surface area contributed by atoms with Crippen LogP contribution in [0.3, 0.4) is 0 Å². The highest BCUT2D eigenvalue weighted by Crippen LogP contribution is 2.44. The second kappa shape index (κ2) is 7.26. The van der Waals surface area contributed by atoms with Crippen molar-refractivity contribution in [3.05, 3.63) is 31.2 Å². The summed E-state index contributed by atoms with van der Waals surface area (Å²) in [6.07, 6.45) is 1.33. The van der Waals surface area contributed by atoms with Gasteiger partial charge in [-0.05, 0) is 19.3 Å². The van der Waals surface area contributed by atoms with Crippen molar-refractivity contribution < 1.29 is 19.5 Å². The van der Waals surface area contributed by atoms with Crippen LogP contribution in [0.1, 0.15) is 46.4 Å². The Morgan fingerprint density at radius 2 is 1.30 bits per heavy atom. The third-order valence-corrected chi connectivity index (χ3v) is 5.25. The Morgan fingerprint density at radius 1 is 0.826 bits per heavy atom. The minimum Gasteiger partial charge on any atom is -0.550 e.